The van der Waals surface area contributed by atoms with Crippen LogP contribution >= 0.6 is 11.6 Å². The smallest absolute Gasteiger partial charge is 0.311 e. The van der Waals surface area contributed by atoms with Gasteiger partial charge in [-0.1, -0.05) is 17.7 Å². The first-order valence-corrected chi connectivity index (χ1v) is 4.97. The zero-order valence-electron chi connectivity index (χ0n) is 8.17. The minimum absolute atomic E-state index is 0.00318. The van der Waals surface area contributed by atoms with Crippen molar-refractivity contribution in [2.24, 2.45) is 0 Å². The second-order valence-electron chi connectivity index (χ2n) is 3.46. The third-order valence-corrected chi connectivity index (χ3v) is 2.52. The third-order valence-electron chi connectivity index (χ3n) is 2.23. The summed E-state index contributed by atoms with van der Waals surface area (Å²) in [5, 5.41) is 2.16. The summed E-state index contributed by atoms with van der Waals surface area (Å²) in [5.74, 6) is -0.842. The normalized spacial score (nSPS) is 15.5. The van der Waals surface area contributed by atoms with E-state index in [2.05, 4.69) is 5.32 Å². The van der Waals surface area contributed by atoms with Crippen LogP contribution in [0.1, 0.15) is 5.56 Å². The number of nitrogens with one attached hydrogen (secondary N) is 1. The van der Waals surface area contributed by atoms with Gasteiger partial charge in [0.05, 0.1) is 5.02 Å². The van der Waals surface area contributed by atoms with Gasteiger partial charge in [-0.15, -0.1) is 0 Å². The molecule has 0 spiro atoms. The van der Waals surface area contributed by atoms with Crippen LogP contribution in [0.2, 0.25) is 5.02 Å². The molecule has 0 atom stereocenters. The molecule has 6 heteroatoms. The van der Waals surface area contributed by atoms with E-state index in [9.17, 15) is 14.0 Å². The van der Waals surface area contributed by atoms with Crippen molar-refractivity contribution in [1.29, 1.82) is 0 Å². The quantitative estimate of drug-likeness (QED) is 0.800. The SMILES string of the molecule is O=C1CN(Cc2ccc(F)c(Cl)c2)C(=O)N1. The Kier molecular flexibility index (Phi) is 2.78. The lowest BCUT2D eigenvalue weighted by Gasteiger charge is -2.13. The molecule has 3 amide bonds. The molecule has 0 aromatic heterocycles. The molecule has 1 fully saturated rings. The van der Waals surface area contributed by atoms with Gasteiger partial charge in [0, 0.05) is 6.54 Å². The lowest BCUT2D eigenvalue weighted by Crippen LogP contribution is -2.27. The number of hydrogen-bond acceptors (Lipinski definition) is 2. The Morgan fingerprint density at radius 3 is 2.75 bits per heavy atom. The fraction of sp³-hybridized carbons (Fsp3) is 0.200. The second-order valence-corrected chi connectivity index (χ2v) is 3.87. The van der Waals surface area contributed by atoms with E-state index >= 15 is 0 Å². The molecule has 0 unspecified atom stereocenters. The Labute approximate surface area is 96.0 Å². The van der Waals surface area contributed by atoms with Crippen molar-refractivity contribution >= 4 is 23.5 Å². The van der Waals surface area contributed by atoms with Crippen molar-refractivity contribution < 1.29 is 14.0 Å². The van der Waals surface area contributed by atoms with Gasteiger partial charge < -0.3 is 4.90 Å². The number of urea groups is 1. The maximum atomic E-state index is 12.9. The lowest BCUT2D eigenvalue weighted by molar-refractivity contribution is -0.118. The van der Waals surface area contributed by atoms with Crippen molar-refractivity contribution in [3.63, 3.8) is 0 Å². The highest BCUT2D eigenvalue weighted by atomic mass is 35.5. The number of rotatable bonds is 2. The molecule has 1 N–H and O–H groups in total. The largest absolute Gasteiger partial charge is 0.324 e. The summed E-state index contributed by atoms with van der Waals surface area (Å²) in [5.41, 5.74) is 0.677. The average Bonchev–Trinajstić information content (AvgIpc) is 2.51. The predicted octanol–water partition coefficient (Wildman–Crippen LogP) is 1.53. The first-order valence-electron chi connectivity index (χ1n) is 4.59. The monoisotopic (exact) mass is 242 g/mol. The van der Waals surface area contributed by atoms with Crippen LogP contribution in [0.15, 0.2) is 18.2 Å². The zero-order chi connectivity index (χ0) is 11.7. The van der Waals surface area contributed by atoms with Gasteiger partial charge in [-0.3, -0.25) is 10.1 Å². The van der Waals surface area contributed by atoms with Gasteiger partial charge in [0.25, 0.3) is 0 Å². The fourth-order valence-electron chi connectivity index (χ4n) is 1.47. The molecule has 1 heterocycles. The van der Waals surface area contributed by atoms with Gasteiger partial charge in [0.1, 0.15) is 12.4 Å². The number of benzene rings is 1. The summed E-state index contributed by atoms with van der Waals surface area (Å²) in [7, 11) is 0. The van der Waals surface area contributed by atoms with Gasteiger partial charge in [-0.2, -0.15) is 0 Å². The summed E-state index contributed by atoms with van der Waals surface area (Å²) >= 11 is 5.60. The molecule has 1 aliphatic heterocycles. The molecule has 4 nitrogen and oxygen atoms in total. The van der Waals surface area contributed by atoms with Gasteiger partial charge in [0.15, 0.2) is 0 Å². The predicted molar refractivity (Wildman–Crippen MR) is 55.4 cm³/mol. The molecule has 0 aliphatic carbocycles. The Morgan fingerprint density at radius 1 is 1.44 bits per heavy atom. The van der Waals surface area contributed by atoms with Crippen molar-refractivity contribution in [2.45, 2.75) is 6.54 Å². The standard InChI is InChI=1S/C10H8ClFN2O2/c11-7-3-6(1-2-8(7)12)4-14-5-9(15)13-10(14)16/h1-3H,4-5H2,(H,13,15,16). The number of amides is 3. The maximum Gasteiger partial charge on any atom is 0.324 e. The Balaban J connectivity index is 2.12. The second kappa shape index (κ2) is 4.09. The molecular weight excluding hydrogens is 235 g/mol. The highest BCUT2D eigenvalue weighted by Gasteiger charge is 2.26. The molecule has 2 rings (SSSR count). The Bertz CT molecular complexity index is 464. The van der Waals surface area contributed by atoms with Crippen LogP contribution < -0.4 is 5.32 Å². The van der Waals surface area contributed by atoms with E-state index in [4.69, 9.17) is 11.6 Å². The minimum atomic E-state index is -0.507. The van der Waals surface area contributed by atoms with Gasteiger partial charge in [-0.05, 0) is 17.7 Å². The summed E-state index contributed by atoms with van der Waals surface area (Å²) in [6.45, 7) is 0.255. The average molecular weight is 243 g/mol. The van der Waals surface area contributed by atoms with Crippen LogP contribution in [0.3, 0.4) is 0 Å². The highest BCUT2D eigenvalue weighted by Crippen LogP contribution is 2.17. The number of carbonyl (C=O) groups is 2. The molecule has 1 aromatic rings. The number of imide groups is 1. The molecule has 1 aliphatic rings. The minimum Gasteiger partial charge on any atom is -0.311 e. The van der Waals surface area contributed by atoms with Crippen LogP contribution in [0.5, 0.6) is 0 Å². The number of nitrogens with zero attached hydrogens (tertiary/aromatic N) is 1. The van der Waals surface area contributed by atoms with Crippen molar-refractivity contribution in [2.75, 3.05) is 6.54 Å². The lowest BCUT2D eigenvalue weighted by atomic mass is 10.2. The van der Waals surface area contributed by atoms with Crippen molar-refractivity contribution in [3.05, 3.63) is 34.6 Å². The topological polar surface area (TPSA) is 49.4 Å². The van der Waals surface area contributed by atoms with Crippen LogP contribution in [-0.2, 0) is 11.3 Å². The maximum absolute atomic E-state index is 12.9. The Morgan fingerprint density at radius 2 is 2.19 bits per heavy atom. The number of halogens is 2. The first kappa shape index (κ1) is 10.9. The molecule has 84 valence electrons. The van der Waals surface area contributed by atoms with Crippen molar-refractivity contribution in [3.8, 4) is 0 Å². The van der Waals surface area contributed by atoms with E-state index in [1.165, 1.54) is 23.1 Å². The molecule has 1 saturated heterocycles. The molecule has 16 heavy (non-hydrogen) atoms. The molecule has 0 radical (unpaired) electrons. The number of carbonyl (C=O) groups excluding carboxylic acids is 2. The number of hydrogen-bond donors (Lipinski definition) is 1. The summed E-state index contributed by atoms with van der Waals surface area (Å²) in [4.78, 5) is 23.5. The summed E-state index contributed by atoms with van der Waals surface area (Å²) < 4.78 is 12.9. The van der Waals surface area contributed by atoms with E-state index in [0.717, 1.165) is 0 Å². The van der Waals surface area contributed by atoms with E-state index < -0.39 is 11.8 Å². The van der Waals surface area contributed by atoms with Crippen LogP contribution in [0.25, 0.3) is 0 Å². The molecule has 0 saturated carbocycles. The van der Waals surface area contributed by atoms with E-state index in [1.54, 1.807) is 0 Å². The zero-order valence-corrected chi connectivity index (χ0v) is 8.92. The third kappa shape index (κ3) is 2.14. The van der Waals surface area contributed by atoms with Gasteiger partial charge in [-0.25, -0.2) is 9.18 Å². The van der Waals surface area contributed by atoms with Gasteiger partial charge in [0.2, 0.25) is 5.91 Å². The van der Waals surface area contributed by atoms with Gasteiger partial charge >= 0.3 is 6.03 Å². The fourth-order valence-corrected chi connectivity index (χ4v) is 1.67. The summed E-state index contributed by atoms with van der Waals surface area (Å²) in [6, 6.07) is 3.75. The highest BCUT2D eigenvalue weighted by molar-refractivity contribution is 6.30. The van der Waals surface area contributed by atoms with Crippen LogP contribution in [0.4, 0.5) is 9.18 Å². The van der Waals surface area contributed by atoms with Crippen LogP contribution in [-0.4, -0.2) is 23.4 Å². The Hall–Kier alpha value is -1.62. The van der Waals surface area contributed by atoms with Crippen LogP contribution in [0, 0.1) is 5.82 Å². The van der Waals surface area contributed by atoms with E-state index in [-0.39, 0.29) is 24.0 Å². The molecule has 1 aromatic carbocycles. The molecular formula is C10H8ClFN2O2. The first-order chi connectivity index (χ1) is 7.56. The van der Waals surface area contributed by atoms with Crippen molar-refractivity contribution in [1.82, 2.24) is 10.2 Å². The summed E-state index contributed by atoms with van der Waals surface area (Å²) in [6.07, 6.45) is 0. The van der Waals surface area contributed by atoms with E-state index in [0.29, 0.717) is 5.56 Å². The van der Waals surface area contributed by atoms with E-state index in [1.807, 2.05) is 0 Å². The molecule has 0 bridgehead atoms.